The van der Waals surface area contributed by atoms with Gasteiger partial charge in [0.15, 0.2) is 0 Å². The zero-order valence-corrected chi connectivity index (χ0v) is 10.0. The van der Waals surface area contributed by atoms with Crippen molar-refractivity contribution in [2.75, 3.05) is 26.2 Å². The Morgan fingerprint density at radius 3 is 2.59 bits per heavy atom. The topological polar surface area (TPSA) is 69.6 Å². The maximum absolute atomic E-state index is 11.4. The number of carbonyl (C=O) groups excluding carboxylic acids is 1. The van der Waals surface area contributed by atoms with Crippen LogP contribution in [0, 0.1) is 11.8 Å². The van der Waals surface area contributed by atoms with Gasteiger partial charge in [-0.2, -0.15) is 0 Å². The zero-order valence-electron chi connectivity index (χ0n) is 10.0. The van der Waals surface area contributed by atoms with Crippen LogP contribution in [0.4, 0.5) is 0 Å². The second-order valence-electron chi connectivity index (χ2n) is 5.07. The first kappa shape index (κ1) is 12.4. The molecule has 2 rings (SSSR count). The minimum Gasteiger partial charge on any atom is -0.474 e. The number of aliphatic carboxylic acids is 1. The molecule has 2 atom stereocenters. The number of amides is 1. The van der Waals surface area contributed by atoms with Crippen LogP contribution in [0.15, 0.2) is 0 Å². The molecule has 2 N–H and O–H groups in total. The lowest BCUT2D eigenvalue weighted by Crippen LogP contribution is -2.47. The molecule has 0 unspecified atom stereocenters. The van der Waals surface area contributed by atoms with Gasteiger partial charge in [0.25, 0.3) is 0 Å². The van der Waals surface area contributed by atoms with E-state index in [9.17, 15) is 9.59 Å². The molecule has 0 aromatic rings. The fourth-order valence-corrected chi connectivity index (χ4v) is 3.00. The minimum atomic E-state index is -1.33. The van der Waals surface area contributed by atoms with E-state index in [1.54, 1.807) is 0 Å². The molecular formula is C12H20N2O3. The van der Waals surface area contributed by atoms with Crippen molar-refractivity contribution in [1.82, 2.24) is 10.2 Å². The van der Waals surface area contributed by atoms with Gasteiger partial charge in [-0.3, -0.25) is 4.79 Å². The van der Waals surface area contributed by atoms with E-state index in [2.05, 4.69) is 5.32 Å². The largest absolute Gasteiger partial charge is 0.474 e. The van der Waals surface area contributed by atoms with Crippen molar-refractivity contribution in [2.45, 2.75) is 25.7 Å². The third kappa shape index (κ3) is 2.97. The number of rotatable bonds is 1. The smallest absolute Gasteiger partial charge is 0.394 e. The number of carboxylic acids is 1. The molecule has 0 spiro atoms. The summed E-state index contributed by atoms with van der Waals surface area (Å²) >= 11 is 0. The van der Waals surface area contributed by atoms with Crippen LogP contribution in [-0.2, 0) is 9.59 Å². The molecule has 5 heteroatoms. The molecule has 96 valence electrons. The van der Waals surface area contributed by atoms with Crippen LogP contribution in [0.1, 0.15) is 25.7 Å². The van der Waals surface area contributed by atoms with Crippen molar-refractivity contribution in [2.24, 2.45) is 11.8 Å². The molecule has 2 fully saturated rings. The average molecular weight is 240 g/mol. The zero-order chi connectivity index (χ0) is 12.3. The van der Waals surface area contributed by atoms with Crippen LogP contribution in [0.2, 0.25) is 0 Å². The summed E-state index contributed by atoms with van der Waals surface area (Å²) in [6.45, 7) is 3.32. The number of piperidine rings is 2. The van der Waals surface area contributed by atoms with Gasteiger partial charge in [-0.1, -0.05) is 0 Å². The first-order valence-electron chi connectivity index (χ1n) is 6.41. The number of carboxylic acid groups (broad SMARTS) is 1. The molecule has 0 radical (unpaired) electrons. The fourth-order valence-electron chi connectivity index (χ4n) is 3.00. The highest BCUT2D eigenvalue weighted by molar-refractivity contribution is 6.31. The first-order chi connectivity index (χ1) is 8.18. The molecule has 0 saturated carbocycles. The summed E-state index contributed by atoms with van der Waals surface area (Å²) in [6, 6.07) is 0. The van der Waals surface area contributed by atoms with E-state index in [4.69, 9.17) is 5.11 Å². The van der Waals surface area contributed by atoms with Crippen molar-refractivity contribution >= 4 is 11.9 Å². The van der Waals surface area contributed by atoms with Crippen LogP contribution in [0.5, 0.6) is 0 Å². The maximum atomic E-state index is 11.4. The number of hydrogen-bond donors (Lipinski definition) is 2. The summed E-state index contributed by atoms with van der Waals surface area (Å²) in [6.07, 6.45) is 4.44. The van der Waals surface area contributed by atoms with Gasteiger partial charge < -0.3 is 15.3 Å². The quantitative estimate of drug-likeness (QED) is 0.647. The van der Waals surface area contributed by atoms with Crippen LogP contribution >= 0.6 is 0 Å². The highest BCUT2D eigenvalue weighted by Crippen LogP contribution is 2.28. The number of hydrogen-bond acceptors (Lipinski definition) is 3. The van der Waals surface area contributed by atoms with E-state index < -0.39 is 11.9 Å². The summed E-state index contributed by atoms with van der Waals surface area (Å²) in [7, 11) is 0. The minimum absolute atomic E-state index is 0.472. The first-order valence-corrected chi connectivity index (χ1v) is 6.41. The molecule has 0 bridgehead atoms. The molecule has 0 aliphatic carbocycles. The van der Waals surface area contributed by atoms with Crippen LogP contribution < -0.4 is 5.32 Å². The summed E-state index contributed by atoms with van der Waals surface area (Å²) in [4.78, 5) is 23.6. The number of nitrogens with one attached hydrogen (secondary N) is 1. The second kappa shape index (κ2) is 5.49. The van der Waals surface area contributed by atoms with Crippen LogP contribution in [0.3, 0.4) is 0 Å². The molecule has 2 aliphatic heterocycles. The molecule has 1 amide bonds. The van der Waals surface area contributed by atoms with Gasteiger partial charge in [-0.25, -0.2) is 4.79 Å². The monoisotopic (exact) mass is 240 g/mol. The third-order valence-electron chi connectivity index (χ3n) is 3.93. The summed E-state index contributed by atoms with van der Waals surface area (Å²) in [5.74, 6) is -0.987. The molecule has 2 aliphatic rings. The summed E-state index contributed by atoms with van der Waals surface area (Å²) in [5.41, 5.74) is 0. The molecule has 0 aromatic heterocycles. The predicted octanol–water partition coefficient (Wildman–Crippen LogP) is 0.309. The van der Waals surface area contributed by atoms with E-state index in [1.807, 2.05) is 0 Å². The highest BCUT2D eigenvalue weighted by Gasteiger charge is 2.32. The standard InChI is InChI=1S/C12H20N2O3/c15-11(12(16)17)14-6-2-4-10(8-14)9-3-1-5-13-7-9/h9-10,13H,1-8H2,(H,16,17)/t9-,10-/m0/s1. The van der Waals surface area contributed by atoms with E-state index in [1.165, 1.54) is 17.7 Å². The Bertz CT molecular complexity index is 300. The highest BCUT2D eigenvalue weighted by atomic mass is 16.4. The molecule has 17 heavy (non-hydrogen) atoms. The Balaban J connectivity index is 1.92. The van der Waals surface area contributed by atoms with Gasteiger partial charge in [-0.15, -0.1) is 0 Å². The van der Waals surface area contributed by atoms with Gasteiger partial charge in [0.2, 0.25) is 0 Å². The van der Waals surface area contributed by atoms with Crippen molar-refractivity contribution in [1.29, 1.82) is 0 Å². The Labute approximate surface area is 101 Å². The normalized spacial score (nSPS) is 30.0. The number of carbonyl (C=O) groups is 2. The Morgan fingerprint density at radius 2 is 1.94 bits per heavy atom. The van der Waals surface area contributed by atoms with Crippen molar-refractivity contribution in [3.05, 3.63) is 0 Å². The number of likely N-dealkylation sites (tertiary alicyclic amines) is 1. The third-order valence-corrected chi connectivity index (χ3v) is 3.93. The lowest BCUT2D eigenvalue weighted by molar-refractivity contribution is -0.157. The van der Waals surface area contributed by atoms with Crippen molar-refractivity contribution in [3.8, 4) is 0 Å². The van der Waals surface area contributed by atoms with Crippen molar-refractivity contribution in [3.63, 3.8) is 0 Å². The van der Waals surface area contributed by atoms with Crippen LogP contribution in [-0.4, -0.2) is 48.1 Å². The second-order valence-corrected chi connectivity index (χ2v) is 5.07. The molecule has 2 saturated heterocycles. The van der Waals surface area contributed by atoms with Crippen molar-refractivity contribution < 1.29 is 14.7 Å². The molecular weight excluding hydrogens is 220 g/mol. The molecule has 0 aromatic carbocycles. The summed E-state index contributed by atoms with van der Waals surface area (Å²) in [5, 5.41) is 12.1. The maximum Gasteiger partial charge on any atom is 0.394 e. The van der Waals surface area contributed by atoms with Gasteiger partial charge >= 0.3 is 11.9 Å². The van der Waals surface area contributed by atoms with Crippen LogP contribution in [0.25, 0.3) is 0 Å². The lowest BCUT2D eigenvalue weighted by atomic mass is 9.81. The van der Waals surface area contributed by atoms with E-state index >= 15 is 0 Å². The Hall–Kier alpha value is -1.10. The molecule has 2 heterocycles. The summed E-state index contributed by atoms with van der Waals surface area (Å²) < 4.78 is 0. The van der Waals surface area contributed by atoms with Gasteiger partial charge in [-0.05, 0) is 50.6 Å². The van der Waals surface area contributed by atoms with E-state index in [0.29, 0.717) is 24.9 Å². The fraction of sp³-hybridized carbons (Fsp3) is 0.833. The lowest BCUT2D eigenvalue weighted by Gasteiger charge is -2.38. The number of nitrogens with zero attached hydrogens (tertiary/aromatic N) is 1. The SMILES string of the molecule is O=C(O)C(=O)N1CCC[C@H]([C@H]2CCCNC2)C1. The van der Waals surface area contributed by atoms with E-state index in [-0.39, 0.29) is 0 Å². The van der Waals surface area contributed by atoms with Gasteiger partial charge in [0, 0.05) is 13.1 Å². The van der Waals surface area contributed by atoms with Gasteiger partial charge in [0.05, 0.1) is 0 Å². The Kier molecular flexibility index (Phi) is 3.99. The molecule has 5 nitrogen and oxygen atoms in total. The predicted molar refractivity (Wildman–Crippen MR) is 62.5 cm³/mol. The van der Waals surface area contributed by atoms with Gasteiger partial charge in [0.1, 0.15) is 0 Å². The van der Waals surface area contributed by atoms with E-state index in [0.717, 1.165) is 25.9 Å². The Morgan fingerprint density at radius 1 is 1.18 bits per heavy atom. The average Bonchev–Trinajstić information content (AvgIpc) is 2.39.